The monoisotopic (exact) mass is 412 g/mol. The second-order valence-electron chi connectivity index (χ2n) is 5.71. The maximum absolute atomic E-state index is 13.1. The highest BCUT2D eigenvalue weighted by Gasteiger charge is 2.19. The molecule has 10 heteroatoms. The molecule has 0 spiro atoms. The number of sulfonamides is 1. The zero-order valence-corrected chi connectivity index (χ0v) is 15.6. The van der Waals surface area contributed by atoms with Gasteiger partial charge in [-0.05, 0) is 31.2 Å². The molecule has 2 aromatic rings. The average molecular weight is 412 g/mol. The summed E-state index contributed by atoms with van der Waals surface area (Å²) in [5, 5.41) is 2.28. The van der Waals surface area contributed by atoms with E-state index in [2.05, 4.69) is 10.0 Å². The van der Waals surface area contributed by atoms with Crippen LogP contribution >= 0.6 is 0 Å². The first kappa shape index (κ1) is 21.5. The number of halogens is 2. The summed E-state index contributed by atoms with van der Waals surface area (Å²) in [6, 6.07) is 10.4. The van der Waals surface area contributed by atoms with E-state index < -0.39 is 39.6 Å². The van der Waals surface area contributed by atoms with Crippen LogP contribution in [0.4, 0.5) is 14.5 Å². The summed E-state index contributed by atoms with van der Waals surface area (Å²) in [6.45, 7) is 1.08. The van der Waals surface area contributed by atoms with Gasteiger partial charge in [-0.1, -0.05) is 18.2 Å². The van der Waals surface area contributed by atoms with Crippen molar-refractivity contribution in [3.8, 4) is 0 Å². The number of esters is 1. The average Bonchev–Trinajstić information content (AvgIpc) is 2.65. The number of ether oxygens (including phenoxy) is 1. The third-order valence-electron chi connectivity index (χ3n) is 3.54. The predicted octanol–water partition coefficient (Wildman–Crippen LogP) is 2.20. The van der Waals surface area contributed by atoms with Crippen LogP contribution in [0.3, 0.4) is 0 Å². The molecule has 0 aliphatic heterocycles. The maximum atomic E-state index is 13.1. The van der Waals surface area contributed by atoms with E-state index in [1.807, 2.05) is 0 Å². The maximum Gasteiger partial charge on any atom is 0.307 e. The van der Waals surface area contributed by atoms with Crippen LogP contribution in [0.25, 0.3) is 0 Å². The van der Waals surface area contributed by atoms with Crippen molar-refractivity contribution in [1.29, 1.82) is 0 Å². The van der Waals surface area contributed by atoms with Crippen molar-refractivity contribution in [1.82, 2.24) is 4.72 Å². The SMILES string of the molecule is C[C@H](OC(=O)CCNS(=O)(=O)c1ccccc1)C(=O)Nc1ccc(F)c(F)c1. The Labute approximate surface area is 160 Å². The third kappa shape index (κ3) is 6.10. The van der Waals surface area contributed by atoms with Crippen molar-refractivity contribution in [2.75, 3.05) is 11.9 Å². The lowest BCUT2D eigenvalue weighted by atomic mass is 10.2. The molecule has 1 atom stereocenters. The fourth-order valence-electron chi connectivity index (χ4n) is 2.10. The van der Waals surface area contributed by atoms with Gasteiger partial charge in [0.2, 0.25) is 10.0 Å². The minimum absolute atomic E-state index is 0.00224. The van der Waals surface area contributed by atoms with Crippen LogP contribution in [-0.4, -0.2) is 32.9 Å². The number of nitrogens with one attached hydrogen (secondary N) is 2. The van der Waals surface area contributed by atoms with Crippen molar-refractivity contribution in [3.05, 3.63) is 60.2 Å². The Morgan fingerprint density at radius 2 is 1.75 bits per heavy atom. The Morgan fingerprint density at radius 3 is 2.39 bits per heavy atom. The van der Waals surface area contributed by atoms with Gasteiger partial charge in [-0.15, -0.1) is 0 Å². The van der Waals surface area contributed by atoms with Crippen molar-refractivity contribution < 1.29 is 31.5 Å². The molecule has 0 fully saturated rings. The molecule has 0 bridgehead atoms. The molecule has 0 heterocycles. The minimum atomic E-state index is -3.75. The first-order chi connectivity index (χ1) is 13.2. The molecule has 0 aliphatic rings. The molecule has 28 heavy (non-hydrogen) atoms. The fraction of sp³-hybridized carbons (Fsp3) is 0.222. The van der Waals surface area contributed by atoms with Gasteiger partial charge in [0.05, 0.1) is 11.3 Å². The molecule has 0 saturated heterocycles. The lowest BCUT2D eigenvalue weighted by Crippen LogP contribution is -2.32. The summed E-state index contributed by atoms with van der Waals surface area (Å²) in [4.78, 5) is 23.8. The van der Waals surface area contributed by atoms with Crippen molar-refractivity contribution in [2.24, 2.45) is 0 Å². The third-order valence-corrected chi connectivity index (χ3v) is 5.02. The van der Waals surface area contributed by atoms with Crippen LogP contribution in [0, 0.1) is 11.6 Å². The summed E-state index contributed by atoms with van der Waals surface area (Å²) >= 11 is 0. The minimum Gasteiger partial charge on any atom is -0.452 e. The summed E-state index contributed by atoms with van der Waals surface area (Å²) in [5.41, 5.74) is 0.00224. The Bertz CT molecular complexity index is 952. The number of benzene rings is 2. The molecule has 0 unspecified atom stereocenters. The number of anilines is 1. The van der Waals surface area contributed by atoms with E-state index >= 15 is 0 Å². The first-order valence-corrected chi connectivity index (χ1v) is 9.67. The van der Waals surface area contributed by atoms with Crippen molar-refractivity contribution in [3.63, 3.8) is 0 Å². The van der Waals surface area contributed by atoms with Crippen LogP contribution in [0.15, 0.2) is 53.4 Å². The van der Waals surface area contributed by atoms with Gasteiger partial charge in [0, 0.05) is 18.3 Å². The molecule has 2 rings (SSSR count). The second kappa shape index (κ2) is 9.38. The van der Waals surface area contributed by atoms with Gasteiger partial charge >= 0.3 is 5.97 Å². The Morgan fingerprint density at radius 1 is 1.07 bits per heavy atom. The number of carbonyl (C=O) groups excluding carboxylic acids is 2. The highest BCUT2D eigenvalue weighted by atomic mass is 32.2. The van der Waals surface area contributed by atoms with E-state index in [1.165, 1.54) is 19.1 Å². The molecule has 7 nitrogen and oxygen atoms in total. The highest BCUT2D eigenvalue weighted by molar-refractivity contribution is 7.89. The Kier molecular flexibility index (Phi) is 7.18. The summed E-state index contributed by atoms with van der Waals surface area (Å²) in [5.74, 6) is -3.74. The van der Waals surface area contributed by atoms with E-state index in [1.54, 1.807) is 18.2 Å². The topological polar surface area (TPSA) is 102 Å². The van der Waals surface area contributed by atoms with Crippen LogP contribution in [-0.2, 0) is 24.3 Å². The van der Waals surface area contributed by atoms with Gasteiger partial charge in [0.15, 0.2) is 17.7 Å². The van der Waals surface area contributed by atoms with Crippen molar-refractivity contribution >= 4 is 27.6 Å². The number of hydrogen-bond acceptors (Lipinski definition) is 5. The number of amides is 1. The smallest absolute Gasteiger partial charge is 0.307 e. The van der Waals surface area contributed by atoms with Crippen LogP contribution in [0.5, 0.6) is 0 Å². The molecule has 2 aromatic carbocycles. The number of hydrogen-bond donors (Lipinski definition) is 2. The van der Waals surface area contributed by atoms with E-state index in [4.69, 9.17) is 4.74 Å². The molecule has 150 valence electrons. The Hall–Kier alpha value is -2.85. The molecular weight excluding hydrogens is 394 g/mol. The van der Waals surface area contributed by atoms with Gasteiger partial charge in [-0.3, -0.25) is 9.59 Å². The zero-order valence-electron chi connectivity index (χ0n) is 14.8. The lowest BCUT2D eigenvalue weighted by molar-refractivity contribution is -0.152. The molecule has 0 aromatic heterocycles. The molecule has 0 saturated carbocycles. The summed E-state index contributed by atoms with van der Waals surface area (Å²) in [6.07, 6.45) is -1.51. The summed E-state index contributed by atoms with van der Waals surface area (Å²) < 4.78 is 57.2. The summed E-state index contributed by atoms with van der Waals surface area (Å²) in [7, 11) is -3.75. The molecule has 0 radical (unpaired) electrons. The highest BCUT2D eigenvalue weighted by Crippen LogP contribution is 2.14. The van der Waals surface area contributed by atoms with E-state index in [0.717, 1.165) is 18.2 Å². The molecule has 0 aliphatic carbocycles. The van der Waals surface area contributed by atoms with Crippen LogP contribution in [0.2, 0.25) is 0 Å². The van der Waals surface area contributed by atoms with E-state index in [9.17, 15) is 26.8 Å². The quantitative estimate of drug-likeness (QED) is 0.648. The molecule has 2 N–H and O–H groups in total. The van der Waals surface area contributed by atoms with Gasteiger partial charge in [-0.2, -0.15) is 0 Å². The van der Waals surface area contributed by atoms with Gasteiger partial charge in [0.25, 0.3) is 5.91 Å². The Balaban J connectivity index is 1.80. The van der Waals surface area contributed by atoms with Crippen LogP contribution in [0.1, 0.15) is 13.3 Å². The van der Waals surface area contributed by atoms with Crippen molar-refractivity contribution in [2.45, 2.75) is 24.3 Å². The van der Waals surface area contributed by atoms with Gasteiger partial charge in [-0.25, -0.2) is 21.9 Å². The predicted molar refractivity (Wildman–Crippen MR) is 96.8 cm³/mol. The normalized spacial score (nSPS) is 12.2. The van der Waals surface area contributed by atoms with Gasteiger partial charge in [0.1, 0.15) is 0 Å². The van der Waals surface area contributed by atoms with E-state index in [0.29, 0.717) is 0 Å². The van der Waals surface area contributed by atoms with E-state index in [-0.39, 0.29) is 23.5 Å². The van der Waals surface area contributed by atoms with Gasteiger partial charge < -0.3 is 10.1 Å². The standard InChI is InChI=1S/C18H18F2N2O5S/c1-12(18(24)22-13-7-8-15(19)16(20)11-13)27-17(23)9-10-21-28(25,26)14-5-3-2-4-6-14/h2-8,11-12,21H,9-10H2,1H3,(H,22,24)/t12-/m0/s1. The molecular formula is C18H18F2N2O5S. The largest absolute Gasteiger partial charge is 0.452 e. The first-order valence-electron chi connectivity index (χ1n) is 8.19. The second-order valence-corrected chi connectivity index (χ2v) is 7.48. The lowest BCUT2D eigenvalue weighted by Gasteiger charge is -2.14. The zero-order chi connectivity index (χ0) is 20.7. The number of rotatable bonds is 8. The number of carbonyl (C=O) groups is 2. The van der Waals surface area contributed by atoms with Crippen LogP contribution < -0.4 is 10.0 Å². The molecule has 1 amide bonds. The fourth-order valence-corrected chi connectivity index (χ4v) is 3.15.